The Morgan fingerprint density at radius 2 is 1.90 bits per heavy atom. The molecule has 21 heavy (non-hydrogen) atoms. The third kappa shape index (κ3) is 4.80. The third-order valence-corrected chi connectivity index (χ3v) is 3.48. The van der Waals surface area contributed by atoms with E-state index in [9.17, 15) is 4.79 Å². The molecule has 110 valence electrons. The van der Waals surface area contributed by atoms with Gasteiger partial charge in [-0.25, -0.2) is 0 Å². The first-order valence-electron chi connectivity index (χ1n) is 6.82. The molecule has 0 aliphatic carbocycles. The number of aryl methyl sites for hydroxylation is 1. The van der Waals surface area contributed by atoms with Crippen molar-refractivity contribution in [3.05, 3.63) is 64.7 Å². The summed E-state index contributed by atoms with van der Waals surface area (Å²) in [6, 6.07) is 15.4. The lowest BCUT2D eigenvalue weighted by molar-refractivity contribution is -0.121. The molecule has 0 spiro atoms. The zero-order valence-electron chi connectivity index (χ0n) is 11.9. The lowest BCUT2D eigenvalue weighted by Gasteiger charge is -2.07. The fourth-order valence-electron chi connectivity index (χ4n) is 2.01. The number of rotatable bonds is 6. The Kier molecular flexibility index (Phi) is 5.64. The Hall–Kier alpha value is -2.00. The molecule has 0 aromatic heterocycles. The maximum atomic E-state index is 11.8. The minimum Gasteiger partial charge on any atom is -0.495 e. The summed E-state index contributed by atoms with van der Waals surface area (Å²) in [5.74, 6) is 0.680. The average Bonchev–Trinajstić information content (AvgIpc) is 2.52. The Balaban J connectivity index is 1.80. The molecule has 2 aromatic carbocycles. The van der Waals surface area contributed by atoms with Gasteiger partial charge in [0.2, 0.25) is 5.91 Å². The molecule has 0 aliphatic rings. The lowest BCUT2D eigenvalue weighted by Crippen LogP contribution is -2.22. The summed E-state index contributed by atoms with van der Waals surface area (Å²) in [6.07, 6.45) is 1.10. The molecular formula is C17H18ClNO2. The maximum absolute atomic E-state index is 11.8. The highest BCUT2D eigenvalue weighted by Gasteiger charge is 2.05. The van der Waals surface area contributed by atoms with Gasteiger partial charge in [0.05, 0.1) is 12.1 Å². The highest BCUT2D eigenvalue weighted by Crippen LogP contribution is 2.25. The Morgan fingerprint density at radius 3 is 2.57 bits per heavy atom. The van der Waals surface area contributed by atoms with E-state index in [-0.39, 0.29) is 5.91 Å². The molecule has 0 fully saturated rings. The highest BCUT2D eigenvalue weighted by atomic mass is 35.5. The van der Waals surface area contributed by atoms with Crippen molar-refractivity contribution in [1.82, 2.24) is 5.32 Å². The fourth-order valence-corrected chi connectivity index (χ4v) is 2.29. The number of halogens is 1. The van der Waals surface area contributed by atoms with Crippen LogP contribution in [-0.4, -0.2) is 13.0 Å². The van der Waals surface area contributed by atoms with Crippen molar-refractivity contribution in [3.8, 4) is 5.75 Å². The predicted molar refractivity (Wildman–Crippen MR) is 84.6 cm³/mol. The number of amides is 1. The number of hydrogen-bond acceptors (Lipinski definition) is 2. The molecule has 0 saturated heterocycles. The fraction of sp³-hybridized carbons (Fsp3) is 0.235. The van der Waals surface area contributed by atoms with Crippen LogP contribution in [0.2, 0.25) is 5.02 Å². The largest absolute Gasteiger partial charge is 0.495 e. The normalized spacial score (nSPS) is 10.2. The van der Waals surface area contributed by atoms with E-state index in [2.05, 4.69) is 5.32 Å². The van der Waals surface area contributed by atoms with Crippen LogP contribution in [0.15, 0.2) is 48.5 Å². The van der Waals surface area contributed by atoms with Gasteiger partial charge in [-0.1, -0.05) is 48.0 Å². The Bertz CT molecular complexity index is 599. The smallest absolute Gasteiger partial charge is 0.220 e. The van der Waals surface area contributed by atoms with Gasteiger partial charge in [0.25, 0.3) is 0 Å². The maximum Gasteiger partial charge on any atom is 0.220 e. The molecular weight excluding hydrogens is 286 g/mol. The summed E-state index contributed by atoms with van der Waals surface area (Å²) in [5.41, 5.74) is 2.12. The Morgan fingerprint density at radius 1 is 1.14 bits per heavy atom. The van der Waals surface area contributed by atoms with Crippen LogP contribution in [0.1, 0.15) is 17.5 Å². The topological polar surface area (TPSA) is 38.3 Å². The van der Waals surface area contributed by atoms with Gasteiger partial charge in [0.15, 0.2) is 0 Å². The van der Waals surface area contributed by atoms with E-state index < -0.39 is 0 Å². The van der Waals surface area contributed by atoms with Crippen molar-refractivity contribution >= 4 is 17.5 Å². The van der Waals surface area contributed by atoms with Gasteiger partial charge in [-0.05, 0) is 29.7 Å². The second kappa shape index (κ2) is 7.70. The molecule has 2 rings (SSSR count). The molecule has 0 aliphatic heterocycles. The van der Waals surface area contributed by atoms with E-state index in [1.165, 1.54) is 0 Å². The van der Waals surface area contributed by atoms with E-state index in [0.717, 1.165) is 11.1 Å². The first kappa shape index (κ1) is 15.4. The zero-order chi connectivity index (χ0) is 15.1. The summed E-state index contributed by atoms with van der Waals surface area (Å²) in [6.45, 7) is 0.559. The van der Waals surface area contributed by atoms with Crippen molar-refractivity contribution in [2.75, 3.05) is 7.11 Å². The van der Waals surface area contributed by atoms with Crippen LogP contribution >= 0.6 is 11.6 Å². The molecule has 0 heterocycles. The van der Waals surface area contributed by atoms with E-state index in [1.54, 1.807) is 7.11 Å². The van der Waals surface area contributed by atoms with Crippen molar-refractivity contribution < 1.29 is 9.53 Å². The van der Waals surface area contributed by atoms with E-state index in [4.69, 9.17) is 16.3 Å². The van der Waals surface area contributed by atoms with Gasteiger partial charge >= 0.3 is 0 Å². The summed E-state index contributed by atoms with van der Waals surface area (Å²) < 4.78 is 5.10. The number of nitrogens with one attached hydrogen (secondary N) is 1. The molecule has 0 atom stereocenters. The number of carbonyl (C=O) groups is 1. The SMILES string of the molecule is COc1ccc(CCC(=O)NCc2ccccc2)cc1Cl. The number of ether oxygens (including phenoxy) is 1. The number of carbonyl (C=O) groups excluding carboxylic acids is 1. The van der Waals surface area contributed by atoms with Gasteiger partial charge in [-0.2, -0.15) is 0 Å². The molecule has 0 saturated carbocycles. The van der Waals surface area contributed by atoms with Gasteiger partial charge < -0.3 is 10.1 Å². The van der Waals surface area contributed by atoms with E-state index >= 15 is 0 Å². The van der Waals surface area contributed by atoms with E-state index in [0.29, 0.717) is 30.2 Å². The minimum absolute atomic E-state index is 0.0331. The first-order chi connectivity index (χ1) is 10.2. The molecule has 3 nitrogen and oxygen atoms in total. The summed E-state index contributed by atoms with van der Waals surface area (Å²) in [4.78, 5) is 11.8. The van der Waals surface area contributed by atoms with Crippen LogP contribution in [-0.2, 0) is 17.8 Å². The summed E-state index contributed by atoms with van der Waals surface area (Å²) >= 11 is 6.06. The van der Waals surface area contributed by atoms with Crippen molar-refractivity contribution in [1.29, 1.82) is 0 Å². The van der Waals surface area contributed by atoms with Gasteiger partial charge in [0, 0.05) is 13.0 Å². The lowest BCUT2D eigenvalue weighted by atomic mass is 10.1. The van der Waals surface area contributed by atoms with Crippen LogP contribution in [0.5, 0.6) is 5.75 Å². The highest BCUT2D eigenvalue weighted by molar-refractivity contribution is 6.32. The zero-order valence-corrected chi connectivity index (χ0v) is 12.7. The molecule has 0 bridgehead atoms. The van der Waals surface area contributed by atoms with Crippen LogP contribution < -0.4 is 10.1 Å². The van der Waals surface area contributed by atoms with Crippen molar-refractivity contribution in [3.63, 3.8) is 0 Å². The third-order valence-electron chi connectivity index (χ3n) is 3.19. The molecule has 0 radical (unpaired) electrons. The van der Waals surface area contributed by atoms with Gasteiger partial charge in [0.1, 0.15) is 5.75 Å². The van der Waals surface area contributed by atoms with Gasteiger partial charge in [-0.3, -0.25) is 4.79 Å². The first-order valence-corrected chi connectivity index (χ1v) is 7.20. The summed E-state index contributed by atoms with van der Waals surface area (Å²) in [7, 11) is 1.58. The van der Waals surface area contributed by atoms with Crippen molar-refractivity contribution in [2.45, 2.75) is 19.4 Å². The number of methoxy groups -OCH3 is 1. The number of hydrogen-bond donors (Lipinski definition) is 1. The minimum atomic E-state index is 0.0331. The van der Waals surface area contributed by atoms with Crippen LogP contribution in [0.25, 0.3) is 0 Å². The monoisotopic (exact) mass is 303 g/mol. The van der Waals surface area contributed by atoms with Crippen LogP contribution in [0, 0.1) is 0 Å². The molecule has 4 heteroatoms. The second-order valence-electron chi connectivity index (χ2n) is 4.73. The van der Waals surface area contributed by atoms with Crippen LogP contribution in [0.4, 0.5) is 0 Å². The average molecular weight is 304 g/mol. The second-order valence-corrected chi connectivity index (χ2v) is 5.14. The Labute approximate surface area is 129 Å². The quantitative estimate of drug-likeness (QED) is 0.885. The van der Waals surface area contributed by atoms with Gasteiger partial charge in [-0.15, -0.1) is 0 Å². The van der Waals surface area contributed by atoms with E-state index in [1.807, 2.05) is 48.5 Å². The number of benzene rings is 2. The standard InChI is InChI=1S/C17H18ClNO2/c1-21-16-9-7-13(11-15(16)18)8-10-17(20)19-12-14-5-3-2-4-6-14/h2-7,9,11H,8,10,12H2,1H3,(H,19,20). The molecule has 2 aromatic rings. The molecule has 1 amide bonds. The molecule has 0 unspecified atom stereocenters. The van der Waals surface area contributed by atoms with Crippen molar-refractivity contribution in [2.24, 2.45) is 0 Å². The predicted octanol–water partition coefficient (Wildman–Crippen LogP) is 3.60. The van der Waals surface area contributed by atoms with Crippen LogP contribution in [0.3, 0.4) is 0 Å². The summed E-state index contributed by atoms with van der Waals surface area (Å²) in [5, 5.41) is 3.48. The molecule has 1 N–H and O–H groups in total.